The van der Waals surface area contributed by atoms with Crippen LogP contribution in [0.2, 0.25) is 0 Å². The molecule has 0 amide bonds. The minimum atomic E-state index is -2.23. The summed E-state index contributed by atoms with van der Waals surface area (Å²) in [5.41, 5.74) is 0.360. The van der Waals surface area contributed by atoms with Crippen LogP contribution in [0.25, 0.3) is 0 Å². The van der Waals surface area contributed by atoms with Gasteiger partial charge in [0.15, 0.2) is 17.3 Å². The molecule has 0 saturated carbocycles. The lowest BCUT2D eigenvalue weighted by Gasteiger charge is -2.02. The molecule has 15 heavy (non-hydrogen) atoms. The Morgan fingerprint density at radius 2 is 2.47 bits per heavy atom. The quantitative estimate of drug-likeness (QED) is 0.760. The molecular formula is C11H13NO3. The van der Waals surface area contributed by atoms with Gasteiger partial charge in [-0.05, 0) is 24.7 Å². The Balaban J connectivity index is 2.01. The van der Waals surface area contributed by atoms with Crippen LogP contribution < -0.4 is 14.8 Å². The third kappa shape index (κ3) is 2.10. The molecule has 0 spiro atoms. The molecule has 2 rings (SSSR count). The number of rotatable bonds is 4. The minimum Gasteiger partial charge on any atom is -0.454 e. The van der Waals surface area contributed by atoms with Gasteiger partial charge in [0.1, 0.15) is 0 Å². The van der Waals surface area contributed by atoms with Crippen molar-refractivity contribution in [3.63, 3.8) is 0 Å². The Kier molecular flexibility index (Phi) is 1.76. The van der Waals surface area contributed by atoms with Gasteiger partial charge in [0.2, 0.25) is 6.79 Å². The van der Waals surface area contributed by atoms with E-state index in [1.807, 2.05) is 0 Å². The number of Topliss-reactive ketones (excluding diaryl/α,β-unsaturated/α-hetero) is 1. The lowest BCUT2D eigenvalue weighted by molar-refractivity contribution is 0.0991. The van der Waals surface area contributed by atoms with Crippen molar-refractivity contribution in [2.45, 2.75) is 6.88 Å². The predicted molar refractivity (Wildman–Crippen MR) is 55.4 cm³/mol. The van der Waals surface area contributed by atoms with E-state index in [9.17, 15) is 4.79 Å². The maximum atomic E-state index is 11.9. The molecule has 0 saturated heterocycles. The van der Waals surface area contributed by atoms with Crippen LogP contribution in [0.1, 0.15) is 22.7 Å². The molecule has 4 heteroatoms. The number of nitrogens with one attached hydrogen (secondary N) is 1. The lowest BCUT2D eigenvalue weighted by atomic mass is 10.1. The van der Waals surface area contributed by atoms with Gasteiger partial charge in [-0.15, -0.1) is 0 Å². The van der Waals surface area contributed by atoms with E-state index in [1.54, 1.807) is 12.1 Å². The summed E-state index contributed by atoms with van der Waals surface area (Å²) in [6, 6.07) is 4.70. The first-order chi connectivity index (χ1) is 8.90. The highest BCUT2D eigenvalue weighted by Crippen LogP contribution is 2.32. The third-order valence-corrected chi connectivity index (χ3v) is 2.05. The summed E-state index contributed by atoms with van der Waals surface area (Å²) >= 11 is 0. The summed E-state index contributed by atoms with van der Waals surface area (Å²) in [7, 11) is 0. The van der Waals surface area contributed by atoms with Crippen molar-refractivity contribution in [3.8, 4) is 11.5 Å². The maximum absolute atomic E-state index is 11.9. The average Bonchev–Trinajstić information content (AvgIpc) is 2.82. The Bertz CT molecular complexity index is 493. The zero-order chi connectivity index (χ0) is 14.0. The molecule has 1 aliphatic heterocycles. The van der Waals surface area contributed by atoms with E-state index in [4.69, 9.17) is 15.0 Å². The molecule has 0 aromatic heterocycles. The second-order valence-electron chi connectivity index (χ2n) is 2.99. The molecule has 0 fully saturated rings. The van der Waals surface area contributed by atoms with Crippen LogP contribution in [0.5, 0.6) is 11.5 Å². The number of carbonyl (C=O) groups excluding carboxylic acids is 1. The molecule has 1 heterocycles. The molecule has 1 N–H and O–H groups in total. The minimum absolute atomic E-state index is 0.118. The number of carbonyl (C=O) groups is 1. The van der Waals surface area contributed by atoms with Crippen molar-refractivity contribution in [1.82, 2.24) is 5.32 Å². The third-order valence-electron chi connectivity index (χ3n) is 2.05. The highest BCUT2D eigenvalue weighted by molar-refractivity contribution is 5.98. The summed E-state index contributed by atoms with van der Waals surface area (Å²) < 4.78 is 39.0. The van der Waals surface area contributed by atoms with E-state index in [2.05, 4.69) is 5.32 Å². The number of ether oxygens (including phenoxy) is 2. The van der Waals surface area contributed by atoms with Gasteiger partial charge in [0.25, 0.3) is 0 Å². The standard InChI is InChI=1S/C11H13NO3/c1-2-12-6-9(13)8-3-4-10-11(5-8)15-7-14-10/h3-5,12H,2,6-7H2,1H3/i1D2,2D2. The van der Waals surface area contributed by atoms with Gasteiger partial charge in [0.05, 0.1) is 6.54 Å². The maximum Gasteiger partial charge on any atom is 0.231 e. The molecule has 1 aromatic rings. The highest BCUT2D eigenvalue weighted by Gasteiger charge is 2.15. The van der Waals surface area contributed by atoms with E-state index in [0.717, 1.165) is 0 Å². The van der Waals surface area contributed by atoms with Crippen LogP contribution in [-0.2, 0) is 0 Å². The van der Waals surface area contributed by atoms with E-state index in [-0.39, 0.29) is 19.1 Å². The van der Waals surface area contributed by atoms with Gasteiger partial charge in [-0.2, -0.15) is 0 Å². The number of hydrogen-bond donors (Lipinski definition) is 1. The SMILES string of the molecule is [2H]C([2H])C([2H])([2H])NCC(=O)c1ccc2c(c1)OCO2. The average molecular weight is 211 g/mol. The molecule has 1 aromatic carbocycles. The van der Waals surface area contributed by atoms with E-state index < -0.39 is 13.4 Å². The first kappa shape index (κ1) is 6.12. The summed E-state index contributed by atoms with van der Waals surface area (Å²) in [6.07, 6.45) is 0. The van der Waals surface area contributed by atoms with Crippen molar-refractivity contribution in [1.29, 1.82) is 0 Å². The van der Waals surface area contributed by atoms with Crippen LogP contribution >= 0.6 is 0 Å². The van der Waals surface area contributed by atoms with Crippen LogP contribution in [0.4, 0.5) is 0 Å². The number of likely N-dealkylation sites (N-methyl/N-ethyl adjacent to an activating group) is 1. The second kappa shape index (κ2) is 4.31. The fourth-order valence-corrected chi connectivity index (χ4v) is 1.30. The summed E-state index contributed by atoms with van der Waals surface area (Å²) in [6.45, 7) is -4.11. The smallest absolute Gasteiger partial charge is 0.231 e. The van der Waals surface area contributed by atoms with E-state index >= 15 is 0 Å². The summed E-state index contributed by atoms with van der Waals surface area (Å²) in [4.78, 5) is 11.9. The highest BCUT2D eigenvalue weighted by atomic mass is 16.7. The first-order valence-electron chi connectivity index (χ1n) is 6.58. The second-order valence-corrected chi connectivity index (χ2v) is 2.99. The van der Waals surface area contributed by atoms with Crippen LogP contribution in [0, 0.1) is 0 Å². The molecule has 0 radical (unpaired) electrons. The van der Waals surface area contributed by atoms with Crippen molar-refractivity contribution in [2.24, 2.45) is 0 Å². The molecule has 4 nitrogen and oxygen atoms in total. The predicted octanol–water partition coefficient (Wildman–Crippen LogP) is 1.21. The summed E-state index contributed by atoms with van der Waals surface area (Å²) in [5, 5.41) is 2.26. The molecule has 0 atom stereocenters. The summed E-state index contributed by atoms with van der Waals surface area (Å²) in [5.74, 6) is 0.702. The molecular weight excluding hydrogens is 194 g/mol. The van der Waals surface area contributed by atoms with E-state index in [1.165, 1.54) is 6.07 Å². The molecule has 0 aliphatic carbocycles. The molecule has 1 aliphatic rings. The molecule has 0 bridgehead atoms. The fraction of sp³-hybridized carbons (Fsp3) is 0.364. The van der Waals surface area contributed by atoms with Crippen LogP contribution in [0.3, 0.4) is 0 Å². The van der Waals surface area contributed by atoms with Gasteiger partial charge in [-0.25, -0.2) is 0 Å². The van der Waals surface area contributed by atoms with Crippen molar-refractivity contribution < 1.29 is 19.8 Å². The zero-order valence-corrected chi connectivity index (χ0v) is 7.95. The van der Waals surface area contributed by atoms with Gasteiger partial charge in [-0.3, -0.25) is 4.79 Å². The monoisotopic (exact) mass is 211 g/mol. The Labute approximate surface area is 93.8 Å². The number of fused-ring (bicyclic) bond motifs is 1. The lowest BCUT2D eigenvalue weighted by Crippen LogP contribution is -2.22. The van der Waals surface area contributed by atoms with Gasteiger partial charge >= 0.3 is 0 Å². The Morgan fingerprint density at radius 3 is 3.33 bits per heavy atom. The Hall–Kier alpha value is -1.55. The van der Waals surface area contributed by atoms with Crippen LogP contribution in [-0.4, -0.2) is 25.6 Å². The van der Waals surface area contributed by atoms with Gasteiger partial charge in [-0.1, -0.05) is 6.88 Å². The number of ketones is 1. The van der Waals surface area contributed by atoms with E-state index in [0.29, 0.717) is 17.1 Å². The van der Waals surface area contributed by atoms with Crippen molar-refractivity contribution in [3.05, 3.63) is 23.8 Å². The fourth-order valence-electron chi connectivity index (χ4n) is 1.30. The van der Waals surface area contributed by atoms with Crippen molar-refractivity contribution in [2.75, 3.05) is 19.8 Å². The Morgan fingerprint density at radius 1 is 1.60 bits per heavy atom. The van der Waals surface area contributed by atoms with Crippen LogP contribution in [0.15, 0.2) is 18.2 Å². The first-order valence-corrected chi connectivity index (χ1v) is 4.42. The van der Waals surface area contributed by atoms with Gasteiger partial charge < -0.3 is 14.8 Å². The number of benzene rings is 1. The topological polar surface area (TPSA) is 47.6 Å². The molecule has 80 valence electrons. The number of hydrogen-bond acceptors (Lipinski definition) is 4. The normalized spacial score (nSPS) is 17.9. The zero-order valence-electron chi connectivity index (χ0n) is 11.9. The van der Waals surface area contributed by atoms with Gasteiger partial charge in [0, 0.05) is 11.0 Å². The largest absolute Gasteiger partial charge is 0.454 e. The van der Waals surface area contributed by atoms with Crippen molar-refractivity contribution >= 4 is 5.78 Å². The molecule has 0 unspecified atom stereocenters.